The third-order valence-electron chi connectivity index (χ3n) is 4.87. The minimum atomic E-state index is -0.205. The number of hydrogen-bond acceptors (Lipinski definition) is 3. The molecule has 3 fully saturated rings. The van der Waals surface area contributed by atoms with Gasteiger partial charge in [-0.25, -0.2) is 0 Å². The molecule has 0 radical (unpaired) electrons. The van der Waals surface area contributed by atoms with Crippen LogP contribution in [0.3, 0.4) is 0 Å². The van der Waals surface area contributed by atoms with Crippen molar-refractivity contribution in [2.45, 2.75) is 19.2 Å². The van der Waals surface area contributed by atoms with Crippen LogP contribution < -0.4 is 4.74 Å². The molecule has 1 saturated carbocycles. The second kappa shape index (κ2) is 3.73. The molecule has 1 aromatic carbocycles. The largest absolute Gasteiger partial charge is 0.497 e. The van der Waals surface area contributed by atoms with Gasteiger partial charge in [0.05, 0.1) is 19.8 Å². The summed E-state index contributed by atoms with van der Waals surface area (Å²) in [6, 6.07) is 8.07. The third-order valence-corrected chi connectivity index (χ3v) is 4.87. The predicted octanol–water partition coefficient (Wildman–Crippen LogP) is 1.82. The molecule has 0 aromatic heterocycles. The molecule has 2 saturated heterocycles. The lowest BCUT2D eigenvalue weighted by molar-refractivity contribution is -0.137. The molecule has 2 heterocycles. The molecule has 0 N–H and O–H groups in total. The summed E-state index contributed by atoms with van der Waals surface area (Å²) in [5.41, 5.74) is 1.03. The number of piperidine rings is 1. The number of nitrogens with zero attached hydrogens (tertiary/aromatic N) is 1. The zero-order chi connectivity index (χ0) is 13.1. The Balaban J connectivity index is 1.61. The molecule has 2 aliphatic heterocycles. The van der Waals surface area contributed by atoms with Gasteiger partial charge in [-0.2, -0.15) is 0 Å². The fraction of sp³-hybridized carbons (Fsp3) is 0.533. The molecule has 1 unspecified atom stereocenters. The zero-order valence-electron chi connectivity index (χ0n) is 11.1. The number of fused-ring (bicyclic) bond motifs is 3. The van der Waals surface area contributed by atoms with Gasteiger partial charge in [0.2, 0.25) is 5.91 Å². The summed E-state index contributed by atoms with van der Waals surface area (Å²) in [5, 5.41) is 0. The van der Waals surface area contributed by atoms with Crippen LogP contribution in [0.1, 0.15) is 18.7 Å². The van der Waals surface area contributed by atoms with Gasteiger partial charge in [0.1, 0.15) is 5.75 Å². The van der Waals surface area contributed by atoms with E-state index in [0.29, 0.717) is 24.5 Å². The quantitative estimate of drug-likeness (QED) is 0.813. The van der Waals surface area contributed by atoms with Crippen molar-refractivity contribution in [1.82, 2.24) is 4.90 Å². The van der Waals surface area contributed by atoms with E-state index in [9.17, 15) is 4.79 Å². The van der Waals surface area contributed by atoms with Crippen LogP contribution in [0.15, 0.2) is 24.3 Å². The highest BCUT2D eigenvalue weighted by atomic mass is 16.5. The fourth-order valence-electron chi connectivity index (χ4n) is 3.77. The van der Waals surface area contributed by atoms with Gasteiger partial charge < -0.3 is 14.4 Å². The number of rotatable bonds is 2. The van der Waals surface area contributed by atoms with E-state index in [2.05, 4.69) is 6.92 Å². The molecule has 100 valence electrons. The van der Waals surface area contributed by atoms with Crippen LogP contribution in [0.25, 0.3) is 0 Å². The Hall–Kier alpha value is -1.55. The van der Waals surface area contributed by atoms with E-state index < -0.39 is 0 Å². The second-order valence-electron chi connectivity index (χ2n) is 5.73. The van der Waals surface area contributed by atoms with Crippen molar-refractivity contribution in [2.24, 2.45) is 17.8 Å². The molecule has 1 aromatic rings. The van der Waals surface area contributed by atoms with Crippen LogP contribution in [0, 0.1) is 17.8 Å². The molecule has 1 amide bonds. The van der Waals surface area contributed by atoms with E-state index >= 15 is 0 Å². The summed E-state index contributed by atoms with van der Waals surface area (Å²) < 4.78 is 11.0. The summed E-state index contributed by atoms with van der Waals surface area (Å²) in [6.07, 6.45) is -0.205. The van der Waals surface area contributed by atoms with Crippen molar-refractivity contribution in [3.8, 4) is 5.75 Å². The topological polar surface area (TPSA) is 38.8 Å². The number of ether oxygens (including phenoxy) is 2. The summed E-state index contributed by atoms with van der Waals surface area (Å²) in [7, 11) is 1.65. The first-order valence-electron chi connectivity index (χ1n) is 6.80. The lowest BCUT2D eigenvalue weighted by Crippen LogP contribution is -2.35. The van der Waals surface area contributed by atoms with Gasteiger partial charge in [-0.15, -0.1) is 0 Å². The molecular formula is C15H17NO3. The van der Waals surface area contributed by atoms with Gasteiger partial charge in [0, 0.05) is 11.5 Å². The van der Waals surface area contributed by atoms with Crippen molar-refractivity contribution < 1.29 is 14.3 Å². The highest BCUT2D eigenvalue weighted by Crippen LogP contribution is 2.59. The molecular weight excluding hydrogens is 242 g/mol. The highest BCUT2D eigenvalue weighted by molar-refractivity contribution is 5.86. The maximum Gasteiger partial charge on any atom is 0.228 e. The lowest BCUT2D eigenvalue weighted by Gasteiger charge is -2.25. The number of benzene rings is 1. The fourth-order valence-corrected chi connectivity index (χ4v) is 3.77. The SMILES string of the molecule is COc1ccc([C@H]2OC[C@@H]3[C@H]4C(C)[C@H]4C(=O)N23)cc1. The van der Waals surface area contributed by atoms with Gasteiger partial charge >= 0.3 is 0 Å². The van der Waals surface area contributed by atoms with Crippen LogP contribution in [0.4, 0.5) is 0 Å². The first-order valence-corrected chi connectivity index (χ1v) is 6.80. The second-order valence-corrected chi connectivity index (χ2v) is 5.73. The molecule has 1 aliphatic carbocycles. The number of hydrogen-bond donors (Lipinski definition) is 0. The van der Waals surface area contributed by atoms with E-state index in [1.54, 1.807) is 7.11 Å². The summed E-state index contributed by atoms with van der Waals surface area (Å²) in [4.78, 5) is 14.3. The third kappa shape index (κ3) is 1.40. The standard InChI is InChI=1S/C15H17NO3/c1-8-12-11-7-19-15(16(11)14(17)13(8)12)9-3-5-10(18-2)6-4-9/h3-6,8,11-13,15H,7H2,1-2H3/t8?,11-,12-,13-,15-/m1/s1. The Kier molecular flexibility index (Phi) is 2.22. The number of carbonyl (C=O) groups excluding carboxylic acids is 1. The minimum absolute atomic E-state index is 0.205. The van der Waals surface area contributed by atoms with Crippen LogP contribution in [-0.2, 0) is 9.53 Å². The zero-order valence-corrected chi connectivity index (χ0v) is 11.1. The molecule has 4 nitrogen and oxygen atoms in total. The van der Waals surface area contributed by atoms with E-state index in [-0.39, 0.29) is 18.1 Å². The molecule has 4 rings (SSSR count). The van der Waals surface area contributed by atoms with Crippen molar-refractivity contribution in [3.63, 3.8) is 0 Å². The monoisotopic (exact) mass is 259 g/mol. The summed E-state index contributed by atoms with van der Waals surface area (Å²) >= 11 is 0. The highest BCUT2D eigenvalue weighted by Gasteiger charge is 2.67. The summed E-state index contributed by atoms with van der Waals surface area (Å²) in [6.45, 7) is 2.85. The van der Waals surface area contributed by atoms with Gasteiger partial charge in [0.15, 0.2) is 6.23 Å². The van der Waals surface area contributed by atoms with Crippen molar-refractivity contribution >= 4 is 5.91 Å². The van der Waals surface area contributed by atoms with Crippen molar-refractivity contribution in [2.75, 3.05) is 13.7 Å². The number of carbonyl (C=O) groups is 1. The Labute approximate surface area is 112 Å². The van der Waals surface area contributed by atoms with Gasteiger partial charge in [-0.1, -0.05) is 19.1 Å². The lowest BCUT2D eigenvalue weighted by atomic mass is 10.1. The van der Waals surface area contributed by atoms with Gasteiger partial charge in [-0.3, -0.25) is 4.79 Å². The normalized spacial score (nSPS) is 39.2. The maximum atomic E-state index is 12.4. The number of amides is 1. The molecule has 0 spiro atoms. The molecule has 0 bridgehead atoms. The Morgan fingerprint density at radius 3 is 2.74 bits per heavy atom. The van der Waals surface area contributed by atoms with Crippen LogP contribution >= 0.6 is 0 Å². The summed E-state index contributed by atoms with van der Waals surface area (Å²) in [5.74, 6) is 2.43. The van der Waals surface area contributed by atoms with Gasteiger partial charge in [-0.05, 0) is 24.0 Å². The van der Waals surface area contributed by atoms with E-state index in [1.807, 2.05) is 29.2 Å². The van der Waals surface area contributed by atoms with Crippen LogP contribution in [0.5, 0.6) is 5.75 Å². The average Bonchev–Trinajstić information content (AvgIpc) is 2.82. The molecule has 19 heavy (non-hydrogen) atoms. The Bertz CT molecular complexity index is 527. The maximum absolute atomic E-state index is 12.4. The first kappa shape index (κ1) is 11.3. The Morgan fingerprint density at radius 2 is 2.05 bits per heavy atom. The average molecular weight is 259 g/mol. The van der Waals surface area contributed by atoms with Crippen LogP contribution in [0.2, 0.25) is 0 Å². The van der Waals surface area contributed by atoms with Crippen molar-refractivity contribution in [1.29, 1.82) is 0 Å². The minimum Gasteiger partial charge on any atom is -0.497 e. The predicted molar refractivity (Wildman–Crippen MR) is 68.5 cm³/mol. The molecule has 5 atom stereocenters. The smallest absolute Gasteiger partial charge is 0.228 e. The Morgan fingerprint density at radius 1 is 1.32 bits per heavy atom. The first-order chi connectivity index (χ1) is 9.22. The van der Waals surface area contributed by atoms with E-state index in [0.717, 1.165) is 11.3 Å². The van der Waals surface area contributed by atoms with Crippen LogP contribution in [-0.4, -0.2) is 30.6 Å². The van der Waals surface area contributed by atoms with E-state index in [1.165, 1.54) is 0 Å². The van der Waals surface area contributed by atoms with Crippen molar-refractivity contribution in [3.05, 3.63) is 29.8 Å². The number of methoxy groups -OCH3 is 1. The molecule has 3 aliphatic rings. The van der Waals surface area contributed by atoms with Gasteiger partial charge in [0.25, 0.3) is 0 Å². The van der Waals surface area contributed by atoms with E-state index in [4.69, 9.17) is 9.47 Å². The molecule has 4 heteroatoms.